The van der Waals surface area contributed by atoms with Crippen molar-refractivity contribution in [3.05, 3.63) is 53.7 Å². The zero-order valence-electron chi connectivity index (χ0n) is 13.4. The van der Waals surface area contributed by atoms with Crippen molar-refractivity contribution in [3.63, 3.8) is 0 Å². The van der Waals surface area contributed by atoms with Crippen LogP contribution >= 0.6 is 0 Å². The minimum absolute atomic E-state index is 0.183. The van der Waals surface area contributed by atoms with E-state index in [1.54, 1.807) is 24.4 Å². The SMILES string of the molecule is CC(CC(C)(C)c1ccc(C)o1)=NNC(=O)c1ccccn1. The van der Waals surface area contributed by atoms with Crippen molar-refractivity contribution in [1.29, 1.82) is 0 Å². The lowest BCUT2D eigenvalue weighted by molar-refractivity contribution is 0.0949. The molecular formula is C17H21N3O2. The van der Waals surface area contributed by atoms with Crippen LogP contribution in [0.2, 0.25) is 0 Å². The summed E-state index contributed by atoms with van der Waals surface area (Å²) in [5.74, 6) is 1.49. The van der Waals surface area contributed by atoms with Crippen molar-refractivity contribution in [2.45, 2.75) is 39.5 Å². The first-order valence-electron chi connectivity index (χ1n) is 7.20. The van der Waals surface area contributed by atoms with Crippen LogP contribution in [0.3, 0.4) is 0 Å². The smallest absolute Gasteiger partial charge is 0.289 e. The first kappa shape index (κ1) is 15.9. The fourth-order valence-electron chi connectivity index (χ4n) is 2.27. The number of carbonyl (C=O) groups excluding carboxylic acids is 1. The number of pyridine rings is 1. The highest BCUT2D eigenvalue weighted by molar-refractivity contribution is 5.93. The van der Waals surface area contributed by atoms with Gasteiger partial charge in [0.1, 0.15) is 17.2 Å². The molecule has 0 atom stereocenters. The molecule has 0 aromatic carbocycles. The van der Waals surface area contributed by atoms with Crippen molar-refractivity contribution in [2.24, 2.45) is 5.10 Å². The Balaban J connectivity index is 1.99. The number of hydrazone groups is 1. The molecule has 0 aliphatic carbocycles. The largest absolute Gasteiger partial charge is 0.466 e. The number of aryl methyl sites for hydroxylation is 1. The van der Waals surface area contributed by atoms with Gasteiger partial charge in [0, 0.05) is 17.3 Å². The standard InChI is InChI=1S/C17H21N3O2/c1-12(11-17(3,4)15-9-8-13(2)22-15)19-20-16(21)14-7-5-6-10-18-14/h5-10H,11H2,1-4H3,(H,20,21). The molecule has 116 valence electrons. The van der Waals surface area contributed by atoms with E-state index in [9.17, 15) is 4.79 Å². The van der Waals surface area contributed by atoms with E-state index < -0.39 is 0 Å². The number of nitrogens with zero attached hydrogens (tertiary/aromatic N) is 2. The Hall–Kier alpha value is -2.43. The highest BCUT2D eigenvalue weighted by Crippen LogP contribution is 2.28. The molecule has 1 N–H and O–H groups in total. The average Bonchev–Trinajstić information content (AvgIpc) is 2.93. The molecule has 22 heavy (non-hydrogen) atoms. The van der Waals surface area contributed by atoms with Crippen LogP contribution in [0, 0.1) is 6.92 Å². The first-order valence-corrected chi connectivity index (χ1v) is 7.20. The first-order chi connectivity index (χ1) is 10.4. The van der Waals surface area contributed by atoms with E-state index >= 15 is 0 Å². The predicted molar refractivity (Wildman–Crippen MR) is 85.9 cm³/mol. The number of carbonyl (C=O) groups is 1. The summed E-state index contributed by atoms with van der Waals surface area (Å²) in [4.78, 5) is 15.9. The third-order valence-corrected chi connectivity index (χ3v) is 3.35. The van der Waals surface area contributed by atoms with Crippen LogP contribution in [0.15, 0.2) is 46.0 Å². The highest BCUT2D eigenvalue weighted by atomic mass is 16.3. The molecule has 0 aliphatic rings. The molecule has 2 rings (SSSR count). The number of furan rings is 1. The number of hydrogen-bond acceptors (Lipinski definition) is 4. The second-order valence-corrected chi connectivity index (χ2v) is 5.97. The fraction of sp³-hybridized carbons (Fsp3) is 0.353. The van der Waals surface area contributed by atoms with Crippen LogP contribution in [0.4, 0.5) is 0 Å². The van der Waals surface area contributed by atoms with Crippen LogP contribution in [0.25, 0.3) is 0 Å². The van der Waals surface area contributed by atoms with Gasteiger partial charge in [-0.25, -0.2) is 5.43 Å². The van der Waals surface area contributed by atoms with Gasteiger partial charge in [-0.2, -0.15) is 5.10 Å². The Kier molecular flexibility index (Phi) is 4.75. The second-order valence-electron chi connectivity index (χ2n) is 5.97. The summed E-state index contributed by atoms with van der Waals surface area (Å²) in [5.41, 5.74) is 3.52. The summed E-state index contributed by atoms with van der Waals surface area (Å²) in [6.45, 7) is 7.99. The van der Waals surface area contributed by atoms with Crippen molar-refractivity contribution in [2.75, 3.05) is 0 Å². The van der Waals surface area contributed by atoms with Crippen LogP contribution in [0.1, 0.15) is 49.2 Å². The summed E-state index contributed by atoms with van der Waals surface area (Å²) >= 11 is 0. The summed E-state index contributed by atoms with van der Waals surface area (Å²) < 4.78 is 5.69. The summed E-state index contributed by atoms with van der Waals surface area (Å²) in [7, 11) is 0. The topological polar surface area (TPSA) is 67.5 Å². The molecule has 0 saturated heterocycles. The van der Waals surface area contributed by atoms with Crippen LogP contribution < -0.4 is 5.43 Å². The average molecular weight is 299 g/mol. The summed E-state index contributed by atoms with van der Waals surface area (Å²) in [6.07, 6.45) is 2.26. The minimum atomic E-state index is -0.313. The lowest BCUT2D eigenvalue weighted by Gasteiger charge is -2.21. The highest BCUT2D eigenvalue weighted by Gasteiger charge is 2.25. The Bertz CT molecular complexity index is 672. The van der Waals surface area contributed by atoms with Gasteiger partial charge in [0.25, 0.3) is 5.91 Å². The Morgan fingerprint density at radius 1 is 1.32 bits per heavy atom. The van der Waals surface area contributed by atoms with E-state index in [4.69, 9.17) is 4.42 Å². The van der Waals surface area contributed by atoms with E-state index in [0.29, 0.717) is 12.1 Å². The van der Waals surface area contributed by atoms with Gasteiger partial charge < -0.3 is 4.42 Å². The fourth-order valence-corrected chi connectivity index (χ4v) is 2.27. The van der Waals surface area contributed by atoms with Crippen molar-refractivity contribution in [1.82, 2.24) is 10.4 Å². The Morgan fingerprint density at radius 2 is 2.09 bits per heavy atom. The molecule has 2 heterocycles. The lowest BCUT2D eigenvalue weighted by Crippen LogP contribution is -2.24. The Labute approximate surface area is 130 Å². The third-order valence-electron chi connectivity index (χ3n) is 3.35. The molecule has 0 bridgehead atoms. The van der Waals surface area contributed by atoms with E-state index in [0.717, 1.165) is 17.2 Å². The van der Waals surface area contributed by atoms with Gasteiger partial charge >= 0.3 is 0 Å². The molecule has 5 nitrogen and oxygen atoms in total. The van der Waals surface area contributed by atoms with Gasteiger partial charge in [0.05, 0.1) is 0 Å². The molecule has 1 amide bonds. The van der Waals surface area contributed by atoms with Crippen LogP contribution in [-0.2, 0) is 5.41 Å². The van der Waals surface area contributed by atoms with Crippen molar-refractivity contribution < 1.29 is 9.21 Å². The summed E-state index contributed by atoms with van der Waals surface area (Å²) in [5, 5.41) is 4.15. The van der Waals surface area contributed by atoms with E-state index in [2.05, 4.69) is 29.4 Å². The van der Waals surface area contributed by atoms with Crippen molar-refractivity contribution in [3.8, 4) is 0 Å². The zero-order valence-corrected chi connectivity index (χ0v) is 13.4. The molecule has 0 aliphatic heterocycles. The van der Waals surface area contributed by atoms with Crippen molar-refractivity contribution >= 4 is 11.6 Å². The molecule has 2 aromatic heterocycles. The van der Waals surface area contributed by atoms with Crippen LogP contribution in [0.5, 0.6) is 0 Å². The molecule has 0 fully saturated rings. The van der Waals surface area contributed by atoms with E-state index in [1.165, 1.54) is 0 Å². The Morgan fingerprint density at radius 3 is 2.68 bits per heavy atom. The minimum Gasteiger partial charge on any atom is -0.466 e. The van der Waals surface area contributed by atoms with Gasteiger partial charge in [-0.15, -0.1) is 0 Å². The van der Waals surface area contributed by atoms with Gasteiger partial charge in [0.2, 0.25) is 0 Å². The number of rotatable bonds is 5. The normalized spacial score (nSPS) is 12.3. The van der Waals surface area contributed by atoms with Gasteiger partial charge in [-0.1, -0.05) is 19.9 Å². The van der Waals surface area contributed by atoms with Gasteiger partial charge in [0.15, 0.2) is 0 Å². The number of nitrogens with one attached hydrogen (secondary N) is 1. The monoisotopic (exact) mass is 299 g/mol. The molecule has 5 heteroatoms. The molecule has 0 spiro atoms. The quantitative estimate of drug-likeness (QED) is 0.679. The number of amides is 1. The molecule has 0 unspecified atom stereocenters. The number of aromatic nitrogens is 1. The third kappa shape index (κ3) is 4.04. The second kappa shape index (κ2) is 6.56. The molecular weight excluding hydrogens is 278 g/mol. The molecule has 2 aromatic rings. The summed E-state index contributed by atoms with van der Waals surface area (Å²) in [6, 6.07) is 9.11. The molecule has 0 saturated carbocycles. The van der Waals surface area contributed by atoms with E-state index in [-0.39, 0.29) is 11.3 Å². The maximum Gasteiger partial charge on any atom is 0.289 e. The number of hydrogen-bond donors (Lipinski definition) is 1. The maximum atomic E-state index is 11.9. The van der Waals surface area contributed by atoms with E-state index in [1.807, 2.05) is 26.0 Å². The maximum absolute atomic E-state index is 11.9. The van der Waals surface area contributed by atoms with Gasteiger partial charge in [-0.3, -0.25) is 9.78 Å². The van der Waals surface area contributed by atoms with Crippen LogP contribution in [-0.4, -0.2) is 16.6 Å². The lowest BCUT2D eigenvalue weighted by atomic mass is 9.85. The van der Waals surface area contributed by atoms with Gasteiger partial charge in [-0.05, 0) is 44.5 Å². The zero-order chi connectivity index (χ0) is 16.2. The molecule has 0 radical (unpaired) electrons. The predicted octanol–water partition coefficient (Wildman–Crippen LogP) is 3.46.